The van der Waals surface area contributed by atoms with Gasteiger partial charge in [0, 0.05) is 28.1 Å². The maximum absolute atomic E-state index is 5.24. The van der Waals surface area contributed by atoms with Gasteiger partial charge >= 0.3 is 0 Å². The van der Waals surface area contributed by atoms with E-state index in [0.29, 0.717) is 5.95 Å². The molecule has 3 heteroatoms. The number of benzene rings is 5. The molecule has 0 bridgehead atoms. The normalized spacial score (nSPS) is 12.3. The molecule has 0 aliphatic heterocycles. The Hall–Kier alpha value is -4.76. The predicted molar refractivity (Wildman–Crippen MR) is 148 cm³/mol. The molecule has 2 heterocycles. The second-order valence-electron chi connectivity index (χ2n) is 9.43. The molecule has 0 N–H and O–H groups in total. The van der Waals surface area contributed by atoms with Crippen molar-refractivity contribution in [2.75, 3.05) is 0 Å². The van der Waals surface area contributed by atoms with Crippen LogP contribution in [-0.2, 0) is 6.42 Å². The highest BCUT2D eigenvalue weighted by atomic mass is 15.2. The first-order valence-electron chi connectivity index (χ1n) is 12.3. The Balaban J connectivity index is 1.51. The standard InChI is InChI=1S/C33H21N3/c1-2-10-21(11-3-1)31-27-15-6-8-16-29(27)34-33(35-31)36-30-17-9-7-14-25(30)26-19-18-24-23-13-5-4-12-22(23)20-28(24)32(26)36/h1-19H,20H2. The monoisotopic (exact) mass is 459 g/mol. The molecular weight excluding hydrogens is 438 g/mol. The fraction of sp³-hybridized carbons (Fsp3) is 0.0303. The molecule has 0 saturated carbocycles. The summed E-state index contributed by atoms with van der Waals surface area (Å²) in [5, 5.41) is 3.53. The lowest BCUT2D eigenvalue weighted by atomic mass is 10.0. The van der Waals surface area contributed by atoms with Crippen LogP contribution in [0.25, 0.3) is 61.0 Å². The van der Waals surface area contributed by atoms with E-state index in [1.165, 1.54) is 38.5 Å². The number of fused-ring (bicyclic) bond motifs is 8. The highest BCUT2D eigenvalue weighted by Crippen LogP contribution is 2.44. The van der Waals surface area contributed by atoms with Gasteiger partial charge in [-0.2, -0.15) is 0 Å². The van der Waals surface area contributed by atoms with Crippen molar-refractivity contribution in [3.63, 3.8) is 0 Å². The molecule has 8 rings (SSSR count). The van der Waals surface area contributed by atoms with Gasteiger partial charge in [-0.1, -0.05) is 103 Å². The molecule has 0 fully saturated rings. The SMILES string of the molecule is c1ccc(-c2nc(-n3c4ccccc4c4ccc5c(c43)Cc3ccccc3-5)nc3ccccc23)cc1. The lowest BCUT2D eigenvalue weighted by Crippen LogP contribution is -2.04. The third kappa shape index (κ3) is 2.68. The van der Waals surface area contributed by atoms with Gasteiger partial charge in [-0.15, -0.1) is 0 Å². The third-order valence-electron chi connectivity index (χ3n) is 7.45. The van der Waals surface area contributed by atoms with Crippen molar-refractivity contribution in [3.8, 4) is 28.3 Å². The van der Waals surface area contributed by atoms with E-state index < -0.39 is 0 Å². The fourth-order valence-electron chi connectivity index (χ4n) is 5.87. The minimum atomic E-state index is 0.711. The van der Waals surface area contributed by atoms with Gasteiger partial charge in [-0.25, -0.2) is 9.97 Å². The highest BCUT2D eigenvalue weighted by molar-refractivity contribution is 6.12. The predicted octanol–water partition coefficient (Wildman–Crippen LogP) is 7.97. The number of nitrogens with zero attached hydrogens (tertiary/aromatic N) is 3. The average molecular weight is 460 g/mol. The van der Waals surface area contributed by atoms with E-state index in [4.69, 9.17) is 9.97 Å². The smallest absolute Gasteiger partial charge is 0.235 e. The van der Waals surface area contributed by atoms with Gasteiger partial charge in [0.05, 0.1) is 22.2 Å². The van der Waals surface area contributed by atoms with Crippen molar-refractivity contribution in [1.82, 2.24) is 14.5 Å². The van der Waals surface area contributed by atoms with E-state index in [2.05, 4.69) is 108 Å². The summed E-state index contributed by atoms with van der Waals surface area (Å²) in [6.07, 6.45) is 0.915. The van der Waals surface area contributed by atoms with E-state index in [0.717, 1.165) is 34.1 Å². The largest absolute Gasteiger partial charge is 0.278 e. The number of aromatic nitrogens is 3. The van der Waals surface area contributed by atoms with Gasteiger partial charge < -0.3 is 0 Å². The van der Waals surface area contributed by atoms with Crippen LogP contribution in [0.3, 0.4) is 0 Å². The number of para-hydroxylation sites is 2. The van der Waals surface area contributed by atoms with Crippen molar-refractivity contribution in [3.05, 3.63) is 126 Å². The maximum Gasteiger partial charge on any atom is 0.235 e. The van der Waals surface area contributed by atoms with Crippen molar-refractivity contribution in [2.24, 2.45) is 0 Å². The van der Waals surface area contributed by atoms with E-state index >= 15 is 0 Å². The van der Waals surface area contributed by atoms with E-state index in [1.807, 2.05) is 12.1 Å². The van der Waals surface area contributed by atoms with Crippen LogP contribution in [0.15, 0.2) is 115 Å². The summed E-state index contributed by atoms with van der Waals surface area (Å²) >= 11 is 0. The van der Waals surface area contributed by atoms with Gasteiger partial charge in [0.2, 0.25) is 5.95 Å². The molecule has 168 valence electrons. The topological polar surface area (TPSA) is 30.7 Å². The first-order chi connectivity index (χ1) is 17.9. The highest BCUT2D eigenvalue weighted by Gasteiger charge is 2.25. The molecule has 0 atom stereocenters. The Morgan fingerprint density at radius 2 is 1.31 bits per heavy atom. The minimum absolute atomic E-state index is 0.711. The van der Waals surface area contributed by atoms with Crippen LogP contribution >= 0.6 is 0 Å². The first-order valence-corrected chi connectivity index (χ1v) is 12.3. The third-order valence-corrected chi connectivity index (χ3v) is 7.45. The zero-order valence-electron chi connectivity index (χ0n) is 19.5. The van der Waals surface area contributed by atoms with E-state index in [-0.39, 0.29) is 0 Å². The molecule has 0 unspecified atom stereocenters. The molecular formula is C33H21N3. The molecule has 0 radical (unpaired) electrons. The number of rotatable bonds is 2. The summed E-state index contributed by atoms with van der Waals surface area (Å²) in [5.41, 5.74) is 10.7. The zero-order chi connectivity index (χ0) is 23.6. The van der Waals surface area contributed by atoms with Crippen molar-refractivity contribution in [2.45, 2.75) is 6.42 Å². The summed E-state index contributed by atoms with van der Waals surface area (Å²) in [7, 11) is 0. The molecule has 1 aliphatic rings. The Kier molecular flexibility index (Phi) is 4.00. The molecule has 5 aromatic carbocycles. The van der Waals surface area contributed by atoms with Crippen LogP contribution in [0.1, 0.15) is 11.1 Å². The first kappa shape index (κ1) is 19.5. The Bertz CT molecular complexity index is 1970. The molecule has 0 saturated heterocycles. The molecule has 7 aromatic rings. The number of hydrogen-bond acceptors (Lipinski definition) is 2. The van der Waals surface area contributed by atoms with Crippen molar-refractivity contribution >= 4 is 32.7 Å². The summed E-state index contributed by atoms with van der Waals surface area (Å²) in [6.45, 7) is 0. The second kappa shape index (κ2) is 7.37. The molecule has 3 nitrogen and oxygen atoms in total. The Labute approximate surface area is 208 Å². The molecule has 1 aliphatic carbocycles. The van der Waals surface area contributed by atoms with Crippen molar-refractivity contribution < 1.29 is 0 Å². The van der Waals surface area contributed by atoms with Gasteiger partial charge in [-0.3, -0.25) is 4.57 Å². The summed E-state index contributed by atoms with van der Waals surface area (Å²) in [4.78, 5) is 10.4. The summed E-state index contributed by atoms with van der Waals surface area (Å²) < 4.78 is 2.29. The van der Waals surface area contributed by atoms with Crippen LogP contribution in [0, 0.1) is 0 Å². The van der Waals surface area contributed by atoms with Crippen LogP contribution < -0.4 is 0 Å². The van der Waals surface area contributed by atoms with E-state index in [9.17, 15) is 0 Å². The maximum atomic E-state index is 5.24. The summed E-state index contributed by atoms with van der Waals surface area (Å²) in [5.74, 6) is 0.711. The van der Waals surface area contributed by atoms with Gasteiger partial charge in [0.15, 0.2) is 0 Å². The second-order valence-corrected chi connectivity index (χ2v) is 9.43. The zero-order valence-corrected chi connectivity index (χ0v) is 19.5. The summed E-state index contributed by atoms with van der Waals surface area (Å²) in [6, 6.07) is 40.6. The Morgan fingerprint density at radius 1 is 0.556 bits per heavy atom. The Morgan fingerprint density at radius 3 is 2.22 bits per heavy atom. The van der Waals surface area contributed by atoms with Crippen LogP contribution in [0.4, 0.5) is 0 Å². The molecule has 0 amide bonds. The number of hydrogen-bond donors (Lipinski definition) is 0. The average Bonchev–Trinajstić information content (AvgIpc) is 3.49. The fourth-order valence-corrected chi connectivity index (χ4v) is 5.87. The van der Waals surface area contributed by atoms with Gasteiger partial charge in [-0.05, 0) is 34.4 Å². The quantitative estimate of drug-likeness (QED) is 0.262. The molecule has 2 aromatic heterocycles. The van der Waals surface area contributed by atoms with Gasteiger partial charge in [0.25, 0.3) is 0 Å². The minimum Gasteiger partial charge on any atom is -0.278 e. The van der Waals surface area contributed by atoms with Gasteiger partial charge in [0.1, 0.15) is 0 Å². The molecule has 36 heavy (non-hydrogen) atoms. The van der Waals surface area contributed by atoms with Crippen LogP contribution in [0.5, 0.6) is 0 Å². The van der Waals surface area contributed by atoms with Crippen molar-refractivity contribution in [1.29, 1.82) is 0 Å². The lowest BCUT2D eigenvalue weighted by molar-refractivity contribution is 1.01. The lowest BCUT2D eigenvalue weighted by Gasteiger charge is -2.13. The molecule has 0 spiro atoms. The van der Waals surface area contributed by atoms with Crippen LogP contribution in [-0.4, -0.2) is 14.5 Å². The van der Waals surface area contributed by atoms with Crippen LogP contribution in [0.2, 0.25) is 0 Å². The van der Waals surface area contributed by atoms with E-state index in [1.54, 1.807) is 0 Å².